The van der Waals surface area contributed by atoms with Crippen LogP contribution in [0.5, 0.6) is 17.2 Å². The molecule has 0 aliphatic carbocycles. The average molecular weight is 539 g/mol. The van der Waals surface area contributed by atoms with E-state index in [4.69, 9.17) is 18.9 Å². The van der Waals surface area contributed by atoms with E-state index in [-0.39, 0.29) is 5.97 Å². The number of carbonyl (C=O) groups excluding carboxylic acids is 2. The molecule has 0 saturated heterocycles. The van der Waals surface area contributed by atoms with Gasteiger partial charge in [-0.05, 0) is 74.7 Å². The van der Waals surface area contributed by atoms with Gasteiger partial charge in [0.05, 0.1) is 25.4 Å². The van der Waals surface area contributed by atoms with E-state index in [1.807, 2.05) is 24.3 Å². The maximum absolute atomic E-state index is 12.4. The summed E-state index contributed by atoms with van der Waals surface area (Å²) in [4.78, 5) is 23.7. The van der Waals surface area contributed by atoms with E-state index < -0.39 is 5.97 Å². The van der Waals surface area contributed by atoms with Gasteiger partial charge in [0, 0.05) is 5.57 Å². The third-order valence-electron chi connectivity index (χ3n) is 6.28. The minimum atomic E-state index is -0.398. The van der Waals surface area contributed by atoms with Crippen LogP contribution in [0.15, 0.2) is 60.7 Å². The van der Waals surface area contributed by atoms with Crippen molar-refractivity contribution in [1.29, 1.82) is 0 Å². The van der Waals surface area contributed by atoms with Crippen molar-refractivity contribution in [2.45, 2.75) is 90.9 Å². The second kappa shape index (κ2) is 19.7. The molecule has 0 saturated carbocycles. The van der Waals surface area contributed by atoms with Gasteiger partial charge in [-0.2, -0.15) is 0 Å². The van der Waals surface area contributed by atoms with Crippen LogP contribution in [0.2, 0.25) is 0 Å². The standard InChI is InChI=1S/C33H46O6/c1-4-5-24-36-30-20-22-31(23-21-30)39-33(35)28-16-18-29(19-17-28)37-25-14-12-10-8-6-7-9-11-13-15-26-38-32(34)27(2)3/h16-23H,2,4-15,24-26H2,1,3H3. The SMILES string of the molecule is C=C(C)C(=O)OCCCCCCCCCCCCOc1ccc(C(=O)Oc2ccc(OCCCC)cc2)cc1. The zero-order valence-electron chi connectivity index (χ0n) is 23.9. The molecule has 214 valence electrons. The molecule has 2 aromatic rings. The van der Waals surface area contributed by atoms with Crippen LogP contribution in [-0.4, -0.2) is 31.8 Å². The van der Waals surface area contributed by atoms with Crippen LogP contribution < -0.4 is 14.2 Å². The number of carbonyl (C=O) groups is 2. The zero-order chi connectivity index (χ0) is 28.1. The van der Waals surface area contributed by atoms with Crippen LogP contribution in [0.1, 0.15) is 101 Å². The maximum atomic E-state index is 12.4. The summed E-state index contributed by atoms with van der Waals surface area (Å²) >= 11 is 0. The Bertz CT molecular complexity index is 965. The molecule has 2 aromatic carbocycles. The molecule has 0 aliphatic heterocycles. The van der Waals surface area contributed by atoms with Gasteiger partial charge in [0.25, 0.3) is 0 Å². The smallest absolute Gasteiger partial charge is 0.343 e. The fourth-order valence-corrected chi connectivity index (χ4v) is 3.89. The van der Waals surface area contributed by atoms with Gasteiger partial charge in [0.15, 0.2) is 0 Å². The number of esters is 2. The van der Waals surface area contributed by atoms with E-state index in [9.17, 15) is 9.59 Å². The van der Waals surface area contributed by atoms with Crippen molar-refractivity contribution in [1.82, 2.24) is 0 Å². The van der Waals surface area contributed by atoms with Crippen LogP contribution in [-0.2, 0) is 9.53 Å². The Morgan fingerprint density at radius 1 is 0.615 bits per heavy atom. The van der Waals surface area contributed by atoms with Crippen molar-refractivity contribution in [3.63, 3.8) is 0 Å². The summed E-state index contributed by atoms with van der Waals surface area (Å²) in [5.41, 5.74) is 0.943. The lowest BCUT2D eigenvalue weighted by molar-refractivity contribution is -0.139. The molecule has 2 rings (SSSR count). The molecule has 39 heavy (non-hydrogen) atoms. The molecular formula is C33H46O6. The van der Waals surface area contributed by atoms with Crippen LogP contribution in [0.3, 0.4) is 0 Å². The molecule has 0 spiro atoms. The van der Waals surface area contributed by atoms with Crippen molar-refractivity contribution in [3.05, 3.63) is 66.2 Å². The highest BCUT2D eigenvalue weighted by Gasteiger charge is 2.09. The Labute approximate surface area is 234 Å². The van der Waals surface area contributed by atoms with Gasteiger partial charge in [-0.3, -0.25) is 0 Å². The summed E-state index contributed by atoms with van der Waals surface area (Å²) in [5.74, 6) is 1.33. The van der Waals surface area contributed by atoms with Gasteiger partial charge in [-0.15, -0.1) is 0 Å². The van der Waals surface area contributed by atoms with Gasteiger partial charge in [0.1, 0.15) is 17.2 Å². The monoisotopic (exact) mass is 538 g/mol. The molecule has 6 heteroatoms. The predicted octanol–water partition coefficient (Wildman–Crippen LogP) is 8.48. The number of hydrogen-bond acceptors (Lipinski definition) is 6. The first kappa shape index (κ1) is 31.9. The van der Waals surface area contributed by atoms with Crippen molar-refractivity contribution < 1.29 is 28.5 Å². The summed E-state index contributed by atoms with van der Waals surface area (Å²) in [5, 5.41) is 0. The summed E-state index contributed by atoms with van der Waals surface area (Å²) < 4.78 is 22.0. The fraction of sp³-hybridized carbons (Fsp3) is 0.515. The van der Waals surface area contributed by atoms with Gasteiger partial charge in [0.2, 0.25) is 0 Å². The predicted molar refractivity (Wildman–Crippen MR) is 156 cm³/mol. The fourth-order valence-electron chi connectivity index (χ4n) is 3.89. The van der Waals surface area contributed by atoms with Crippen LogP contribution in [0.25, 0.3) is 0 Å². The van der Waals surface area contributed by atoms with E-state index in [2.05, 4.69) is 13.5 Å². The molecule has 0 heterocycles. The van der Waals surface area contributed by atoms with E-state index in [1.54, 1.807) is 31.2 Å². The topological polar surface area (TPSA) is 71.1 Å². The Morgan fingerprint density at radius 2 is 1.05 bits per heavy atom. The summed E-state index contributed by atoms with van der Waals surface area (Å²) in [6.45, 7) is 9.22. The van der Waals surface area contributed by atoms with Gasteiger partial charge in [-0.25, -0.2) is 9.59 Å². The van der Waals surface area contributed by atoms with Gasteiger partial charge < -0.3 is 18.9 Å². The molecule has 6 nitrogen and oxygen atoms in total. The van der Waals surface area contributed by atoms with Crippen molar-refractivity contribution >= 4 is 11.9 Å². The minimum absolute atomic E-state index is 0.289. The first-order chi connectivity index (χ1) is 19.0. The Hall–Kier alpha value is -3.28. The highest BCUT2D eigenvalue weighted by molar-refractivity contribution is 5.91. The molecule has 0 atom stereocenters. The van der Waals surface area contributed by atoms with Crippen LogP contribution in [0.4, 0.5) is 0 Å². The number of benzene rings is 2. The lowest BCUT2D eigenvalue weighted by Gasteiger charge is -2.09. The van der Waals surface area contributed by atoms with Gasteiger partial charge in [-0.1, -0.05) is 71.3 Å². The molecule has 0 bridgehead atoms. The summed E-state index contributed by atoms with van der Waals surface area (Å²) in [7, 11) is 0. The van der Waals surface area contributed by atoms with Crippen molar-refractivity contribution in [2.75, 3.05) is 19.8 Å². The first-order valence-electron chi connectivity index (χ1n) is 14.5. The van der Waals surface area contributed by atoms with Gasteiger partial charge >= 0.3 is 11.9 Å². The second-order valence-corrected chi connectivity index (χ2v) is 9.89. The summed E-state index contributed by atoms with van der Waals surface area (Å²) in [6, 6.07) is 14.2. The van der Waals surface area contributed by atoms with Crippen LogP contribution >= 0.6 is 0 Å². The normalized spacial score (nSPS) is 10.6. The number of ether oxygens (including phenoxy) is 4. The van der Waals surface area contributed by atoms with E-state index >= 15 is 0 Å². The molecule has 0 aliphatic rings. The molecule has 0 amide bonds. The van der Waals surface area contributed by atoms with Crippen LogP contribution in [0, 0.1) is 0 Å². The first-order valence-corrected chi connectivity index (χ1v) is 14.5. The average Bonchev–Trinajstić information content (AvgIpc) is 2.94. The van der Waals surface area contributed by atoms with E-state index in [0.717, 1.165) is 50.0 Å². The molecule has 0 unspecified atom stereocenters. The quantitative estimate of drug-likeness (QED) is 0.0687. The number of rotatable bonds is 21. The zero-order valence-corrected chi connectivity index (χ0v) is 23.9. The van der Waals surface area contributed by atoms with Crippen molar-refractivity contribution in [3.8, 4) is 17.2 Å². The highest BCUT2D eigenvalue weighted by Crippen LogP contribution is 2.20. The third-order valence-corrected chi connectivity index (χ3v) is 6.28. The Balaban J connectivity index is 1.47. The molecule has 0 fully saturated rings. The lowest BCUT2D eigenvalue weighted by Crippen LogP contribution is -2.08. The number of unbranched alkanes of at least 4 members (excludes halogenated alkanes) is 10. The maximum Gasteiger partial charge on any atom is 0.343 e. The van der Waals surface area contributed by atoms with E-state index in [0.29, 0.717) is 36.7 Å². The highest BCUT2D eigenvalue weighted by atomic mass is 16.5. The summed E-state index contributed by atoms with van der Waals surface area (Å²) in [6.07, 6.45) is 13.7. The van der Waals surface area contributed by atoms with Crippen molar-refractivity contribution in [2.24, 2.45) is 0 Å². The molecule has 0 N–H and O–H groups in total. The second-order valence-electron chi connectivity index (χ2n) is 9.89. The van der Waals surface area contributed by atoms with E-state index in [1.165, 1.54) is 38.5 Å². The Morgan fingerprint density at radius 3 is 1.56 bits per heavy atom. The largest absolute Gasteiger partial charge is 0.494 e. The Kier molecular flexibility index (Phi) is 16.2. The minimum Gasteiger partial charge on any atom is -0.494 e. The lowest BCUT2D eigenvalue weighted by atomic mass is 10.1. The number of hydrogen-bond donors (Lipinski definition) is 0. The molecular weight excluding hydrogens is 492 g/mol. The molecule has 0 radical (unpaired) electrons. The molecule has 0 aromatic heterocycles. The third kappa shape index (κ3) is 14.4.